The predicted octanol–water partition coefficient (Wildman–Crippen LogP) is 2.00. The minimum atomic E-state index is -0.704. The Kier molecular flexibility index (Phi) is 4.71. The van der Waals surface area contributed by atoms with Crippen LogP contribution in [0.2, 0.25) is 0 Å². The fourth-order valence-electron chi connectivity index (χ4n) is 2.30. The number of likely N-dealkylation sites (tertiary alicyclic amines) is 1. The Morgan fingerprint density at radius 2 is 2.10 bits per heavy atom. The topological polar surface area (TPSA) is 46.6 Å². The summed E-state index contributed by atoms with van der Waals surface area (Å²) in [6, 6.07) is 7.21. The van der Waals surface area contributed by atoms with Gasteiger partial charge in [0, 0.05) is 13.0 Å². The Balaban J connectivity index is 2.04. The number of aryl methyl sites for hydroxylation is 1. The number of nitrogens with zero attached hydrogens (tertiary/aromatic N) is 1. The van der Waals surface area contributed by atoms with Crippen molar-refractivity contribution in [3.05, 3.63) is 35.4 Å². The zero-order valence-corrected chi connectivity index (χ0v) is 11.5. The summed E-state index contributed by atoms with van der Waals surface area (Å²) in [4.78, 5) is 25.2. The van der Waals surface area contributed by atoms with Gasteiger partial charge in [-0.1, -0.05) is 29.8 Å². The molecule has 4 nitrogen and oxygen atoms in total. The van der Waals surface area contributed by atoms with E-state index in [0.29, 0.717) is 19.4 Å². The molecule has 1 heterocycles. The second-order valence-corrected chi connectivity index (χ2v) is 4.92. The summed E-state index contributed by atoms with van der Waals surface area (Å²) in [7, 11) is 0. The first-order valence-electron chi connectivity index (χ1n) is 6.69. The normalized spacial score (nSPS) is 18.4. The van der Waals surface area contributed by atoms with Crippen LogP contribution in [-0.2, 0) is 20.9 Å². The maximum absolute atomic E-state index is 12.0. The third kappa shape index (κ3) is 3.35. The van der Waals surface area contributed by atoms with Crippen molar-refractivity contribution in [2.75, 3.05) is 13.3 Å². The van der Waals surface area contributed by atoms with E-state index in [4.69, 9.17) is 4.74 Å². The first-order valence-corrected chi connectivity index (χ1v) is 6.69. The van der Waals surface area contributed by atoms with E-state index in [1.165, 1.54) is 4.90 Å². The van der Waals surface area contributed by atoms with E-state index >= 15 is 0 Å². The number of ether oxygens (including phenoxy) is 1. The molecular formula is C15H18FNO3. The molecule has 0 radical (unpaired) electrons. The summed E-state index contributed by atoms with van der Waals surface area (Å²) in [5.41, 5.74) is 2.11. The van der Waals surface area contributed by atoms with Crippen molar-refractivity contribution in [2.45, 2.75) is 32.4 Å². The minimum absolute atomic E-state index is 0.0622. The van der Waals surface area contributed by atoms with Crippen molar-refractivity contribution in [3.8, 4) is 0 Å². The van der Waals surface area contributed by atoms with Gasteiger partial charge in [0.15, 0.2) is 0 Å². The maximum Gasteiger partial charge on any atom is 0.328 e. The fourth-order valence-corrected chi connectivity index (χ4v) is 2.30. The number of alkyl halides is 1. The number of hydrogen-bond acceptors (Lipinski definition) is 3. The molecule has 5 heteroatoms. The van der Waals surface area contributed by atoms with Gasteiger partial charge in [-0.05, 0) is 18.9 Å². The van der Waals surface area contributed by atoms with Crippen LogP contribution in [0.3, 0.4) is 0 Å². The van der Waals surface area contributed by atoms with Crippen LogP contribution in [0.15, 0.2) is 24.3 Å². The summed E-state index contributed by atoms with van der Waals surface area (Å²) >= 11 is 0. The summed E-state index contributed by atoms with van der Waals surface area (Å²) in [5.74, 6) is -0.576. The molecule has 1 aromatic carbocycles. The van der Waals surface area contributed by atoms with Crippen LogP contribution < -0.4 is 0 Å². The van der Waals surface area contributed by atoms with E-state index in [1.807, 2.05) is 31.2 Å². The van der Waals surface area contributed by atoms with Crippen LogP contribution in [0.1, 0.15) is 24.0 Å². The van der Waals surface area contributed by atoms with E-state index in [9.17, 15) is 14.0 Å². The average Bonchev–Trinajstić information content (AvgIpc) is 2.80. The molecule has 1 atom stereocenters. The average molecular weight is 279 g/mol. The molecule has 0 spiro atoms. The van der Waals surface area contributed by atoms with Crippen molar-refractivity contribution < 1.29 is 18.7 Å². The highest BCUT2D eigenvalue weighted by atomic mass is 19.1. The molecule has 0 aromatic heterocycles. The van der Waals surface area contributed by atoms with Gasteiger partial charge >= 0.3 is 5.97 Å². The summed E-state index contributed by atoms with van der Waals surface area (Å²) < 4.78 is 16.8. The molecule has 1 aromatic rings. The molecule has 1 amide bonds. The zero-order chi connectivity index (χ0) is 14.5. The van der Waals surface area contributed by atoms with Crippen molar-refractivity contribution in [3.63, 3.8) is 0 Å². The van der Waals surface area contributed by atoms with Gasteiger partial charge in [0.1, 0.15) is 19.3 Å². The molecule has 108 valence electrons. The second kappa shape index (κ2) is 6.50. The molecule has 1 aliphatic rings. The summed E-state index contributed by atoms with van der Waals surface area (Å²) in [5, 5.41) is 0. The molecule has 1 aliphatic heterocycles. The van der Waals surface area contributed by atoms with Crippen molar-refractivity contribution in [1.82, 2.24) is 4.90 Å². The van der Waals surface area contributed by atoms with Crippen LogP contribution in [0.5, 0.6) is 0 Å². The monoisotopic (exact) mass is 279 g/mol. The molecule has 0 N–H and O–H groups in total. The molecule has 20 heavy (non-hydrogen) atoms. The van der Waals surface area contributed by atoms with Gasteiger partial charge < -0.3 is 9.64 Å². The smallest absolute Gasteiger partial charge is 0.328 e. The number of esters is 1. The largest absolute Gasteiger partial charge is 0.461 e. The summed E-state index contributed by atoms with van der Waals surface area (Å²) in [6.07, 6.45) is 0.775. The lowest BCUT2D eigenvalue weighted by Crippen LogP contribution is -2.39. The third-order valence-electron chi connectivity index (χ3n) is 3.40. The number of benzene rings is 1. The molecule has 1 unspecified atom stereocenters. The maximum atomic E-state index is 12.0. The molecule has 1 saturated heterocycles. The van der Waals surface area contributed by atoms with Gasteiger partial charge in [-0.15, -0.1) is 0 Å². The highest BCUT2D eigenvalue weighted by Crippen LogP contribution is 2.22. The van der Waals surface area contributed by atoms with E-state index in [0.717, 1.165) is 11.1 Å². The molecule has 0 bridgehead atoms. The van der Waals surface area contributed by atoms with Crippen molar-refractivity contribution in [2.24, 2.45) is 0 Å². The van der Waals surface area contributed by atoms with E-state index < -0.39 is 18.7 Å². The zero-order valence-electron chi connectivity index (χ0n) is 11.5. The van der Waals surface area contributed by atoms with Gasteiger partial charge in [0.05, 0.1) is 0 Å². The first kappa shape index (κ1) is 14.5. The standard InChI is InChI=1S/C15H18FNO3/c1-11-2-4-12(5-3-11)10-17-13(6-7-14(17)18)15(19)20-9-8-16/h2-5,13H,6-10H2,1H3. The molecule has 2 rings (SSSR count). The Hall–Kier alpha value is -1.91. The number of amides is 1. The fraction of sp³-hybridized carbons (Fsp3) is 0.467. The lowest BCUT2D eigenvalue weighted by atomic mass is 10.1. The number of halogens is 1. The highest BCUT2D eigenvalue weighted by Gasteiger charge is 2.36. The van der Waals surface area contributed by atoms with Crippen molar-refractivity contribution >= 4 is 11.9 Å². The molecule has 0 saturated carbocycles. The highest BCUT2D eigenvalue weighted by molar-refractivity contribution is 5.88. The Morgan fingerprint density at radius 3 is 2.75 bits per heavy atom. The van der Waals surface area contributed by atoms with E-state index in [2.05, 4.69) is 0 Å². The van der Waals surface area contributed by atoms with Gasteiger partial charge in [-0.3, -0.25) is 4.79 Å². The summed E-state index contributed by atoms with van der Waals surface area (Å²) in [6.45, 7) is 1.42. The van der Waals surface area contributed by atoms with E-state index in [1.54, 1.807) is 0 Å². The van der Waals surface area contributed by atoms with Gasteiger partial charge in [0.2, 0.25) is 5.91 Å². The minimum Gasteiger partial charge on any atom is -0.461 e. The Bertz CT molecular complexity index is 486. The predicted molar refractivity (Wildman–Crippen MR) is 71.7 cm³/mol. The van der Waals surface area contributed by atoms with Crippen LogP contribution in [0, 0.1) is 6.92 Å². The van der Waals surface area contributed by atoms with Crippen LogP contribution in [0.25, 0.3) is 0 Å². The molecule has 1 fully saturated rings. The first-order chi connectivity index (χ1) is 9.61. The SMILES string of the molecule is Cc1ccc(CN2C(=O)CCC2C(=O)OCCF)cc1. The second-order valence-electron chi connectivity index (χ2n) is 4.92. The molecular weight excluding hydrogens is 261 g/mol. The van der Waals surface area contributed by atoms with Crippen LogP contribution >= 0.6 is 0 Å². The van der Waals surface area contributed by atoms with Crippen LogP contribution in [-0.4, -0.2) is 36.1 Å². The van der Waals surface area contributed by atoms with Crippen molar-refractivity contribution in [1.29, 1.82) is 0 Å². The van der Waals surface area contributed by atoms with E-state index in [-0.39, 0.29) is 12.5 Å². The number of rotatable bonds is 5. The number of carbonyl (C=O) groups excluding carboxylic acids is 2. The molecule has 0 aliphatic carbocycles. The Labute approximate surface area is 117 Å². The lowest BCUT2D eigenvalue weighted by molar-refractivity contribution is -0.152. The van der Waals surface area contributed by atoms with Crippen LogP contribution in [0.4, 0.5) is 4.39 Å². The van der Waals surface area contributed by atoms with Gasteiger partial charge in [-0.2, -0.15) is 0 Å². The van der Waals surface area contributed by atoms with Gasteiger partial charge in [-0.25, -0.2) is 9.18 Å². The number of carbonyl (C=O) groups is 2. The number of hydrogen-bond donors (Lipinski definition) is 0. The lowest BCUT2D eigenvalue weighted by Gasteiger charge is -2.23. The van der Waals surface area contributed by atoms with Gasteiger partial charge in [0.25, 0.3) is 0 Å². The quantitative estimate of drug-likeness (QED) is 0.774. The Morgan fingerprint density at radius 1 is 1.40 bits per heavy atom. The third-order valence-corrected chi connectivity index (χ3v) is 3.40.